The average Bonchev–Trinajstić information content (AvgIpc) is 2.92. The van der Waals surface area contributed by atoms with Crippen molar-refractivity contribution in [3.05, 3.63) is 27.1 Å². The van der Waals surface area contributed by atoms with Crippen LogP contribution in [0.2, 0.25) is 0 Å². The molecule has 0 saturated heterocycles. The van der Waals surface area contributed by atoms with Gasteiger partial charge in [-0.05, 0) is 32.3 Å². The molecular weight excluding hydrogens is 322 g/mol. The van der Waals surface area contributed by atoms with Crippen molar-refractivity contribution in [3.8, 4) is 0 Å². The van der Waals surface area contributed by atoms with Gasteiger partial charge in [0.1, 0.15) is 4.83 Å². The number of aryl methyl sites for hydroxylation is 2. The number of nitrogens with zero attached hydrogens (tertiary/aromatic N) is 3. The van der Waals surface area contributed by atoms with Crippen molar-refractivity contribution in [2.24, 2.45) is 0 Å². The Labute approximate surface area is 147 Å². The Morgan fingerprint density at radius 2 is 1.96 bits per heavy atom. The summed E-state index contributed by atoms with van der Waals surface area (Å²) in [5.41, 5.74) is 0.746. The van der Waals surface area contributed by atoms with Gasteiger partial charge in [-0.2, -0.15) is 0 Å². The van der Waals surface area contributed by atoms with Gasteiger partial charge in [-0.15, -0.1) is 11.3 Å². The monoisotopic (exact) mass is 349 g/mol. The number of hydrogen-bond acceptors (Lipinski definition) is 4. The Bertz CT molecular complexity index is 763. The predicted molar refractivity (Wildman–Crippen MR) is 100 cm³/mol. The summed E-state index contributed by atoms with van der Waals surface area (Å²) in [5, 5.41) is 0.605. The lowest BCUT2D eigenvalue weighted by atomic mass is 10.2. The van der Waals surface area contributed by atoms with E-state index in [9.17, 15) is 9.59 Å². The third-order valence-corrected chi connectivity index (χ3v) is 5.50. The van der Waals surface area contributed by atoms with Crippen molar-refractivity contribution >= 4 is 27.5 Å². The first-order chi connectivity index (χ1) is 11.5. The maximum absolute atomic E-state index is 12.8. The Morgan fingerprint density at radius 1 is 1.25 bits per heavy atom. The third-order valence-electron chi connectivity index (χ3n) is 4.31. The van der Waals surface area contributed by atoms with Crippen LogP contribution in [-0.4, -0.2) is 33.4 Å². The summed E-state index contributed by atoms with van der Waals surface area (Å²) < 4.78 is 1.66. The van der Waals surface area contributed by atoms with Crippen LogP contribution in [0.1, 0.15) is 61.7 Å². The van der Waals surface area contributed by atoms with Crippen molar-refractivity contribution in [3.63, 3.8) is 0 Å². The fourth-order valence-corrected chi connectivity index (χ4v) is 3.85. The minimum absolute atomic E-state index is 0.0194. The number of unbranched alkanes of at least 4 members (excludes halogenated alkanes) is 2. The van der Waals surface area contributed by atoms with E-state index in [2.05, 4.69) is 18.8 Å². The van der Waals surface area contributed by atoms with Crippen LogP contribution in [-0.2, 0) is 6.54 Å². The van der Waals surface area contributed by atoms with E-state index < -0.39 is 0 Å². The quantitative estimate of drug-likeness (QED) is 0.728. The Morgan fingerprint density at radius 3 is 2.58 bits per heavy atom. The molecular formula is C18H27N3O2S. The highest BCUT2D eigenvalue weighted by atomic mass is 32.1. The number of amides is 1. The molecule has 0 radical (unpaired) electrons. The van der Waals surface area contributed by atoms with Gasteiger partial charge in [0.25, 0.3) is 11.5 Å². The summed E-state index contributed by atoms with van der Waals surface area (Å²) in [6, 6.07) is 0. The van der Waals surface area contributed by atoms with Gasteiger partial charge in [-0.1, -0.05) is 26.7 Å². The maximum Gasteiger partial charge on any atom is 0.264 e. The minimum atomic E-state index is -0.0298. The lowest BCUT2D eigenvalue weighted by molar-refractivity contribution is 0.0766. The second-order valence-electron chi connectivity index (χ2n) is 6.07. The van der Waals surface area contributed by atoms with Crippen LogP contribution in [0.4, 0.5) is 0 Å². The van der Waals surface area contributed by atoms with Crippen LogP contribution < -0.4 is 5.56 Å². The molecule has 2 aromatic rings. The highest BCUT2D eigenvalue weighted by Gasteiger charge is 2.22. The first-order valence-corrected chi connectivity index (χ1v) is 9.64. The Kier molecular flexibility index (Phi) is 6.54. The zero-order valence-corrected chi connectivity index (χ0v) is 15.9. The minimum Gasteiger partial charge on any atom is -0.338 e. The molecule has 0 aliphatic heterocycles. The molecule has 0 saturated carbocycles. The Balaban J connectivity index is 2.42. The summed E-state index contributed by atoms with van der Waals surface area (Å²) >= 11 is 1.34. The number of rotatable bonds is 8. The molecule has 0 aliphatic rings. The number of carbonyl (C=O) groups excluding carboxylic acids is 1. The largest absolute Gasteiger partial charge is 0.338 e. The summed E-state index contributed by atoms with van der Waals surface area (Å²) in [7, 11) is 0. The molecule has 0 spiro atoms. The topological polar surface area (TPSA) is 55.2 Å². The fourth-order valence-electron chi connectivity index (χ4n) is 2.75. The van der Waals surface area contributed by atoms with Gasteiger partial charge in [-0.25, -0.2) is 4.98 Å². The Hall–Kier alpha value is -1.69. The lowest BCUT2D eigenvalue weighted by Crippen LogP contribution is -2.31. The number of fused-ring (bicyclic) bond motifs is 1. The van der Waals surface area contributed by atoms with Gasteiger partial charge < -0.3 is 4.90 Å². The molecule has 0 aromatic carbocycles. The van der Waals surface area contributed by atoms with E-state index in [1.165, 1.54) is 11.3 Å². The molecule has 0 atom stereocenters. The summed E-state index contributed by atoms with van der Waals surface area (Å²) in [6.45, 7) is 10.2. The second kappa shape index (κ2) is 8.42. The summed E-state index contributed by atoms with van der Waals surface area (Å²) in [5.74, 6) is 0.0194. The number of carbonyl (C=O) groups is 1. The molecule has 132 valence electrons. The van der Waals surface area contributed by atoms with Gasteiger partial charge >= 0.3 is 0 Å². The zero-order valence-electron chi connectivity index (χ0n) is 15.1. The fraction of sp³-hybridized carbons (Fsp3) is 0.611. The van der Waals surface area contributed by atoms with Gasteiger partial charge in [0.2, 0.25) is 0 Å². The molecule has 0 aliphatic carbocycles. The van der Waals surface area contributed by atoms with Crippen LogP contribution in [0.25, 0.3) is 10.2 Å². The number of hydrogen-bond donors (Lipinski definition) is 0. The van der Waals surface area contributed by atoms with Crippen LogP contribution >= 0.6 is 11.3 Å². The zero-order chi connectivity index (χ0) is 17.7. The van der Waals surface area contributed by atoms with Gasteiger partial charge in [0.05, 0.1) is 16.6 Å². The maximum atomic E-state index is 12.8. The highest BCUT2D eigenvalue weighted by Crippen LogP contribution is 2.28. The van der Waals surface area contributed by atoms with Crippen molar-refractivity contribution in [2.75, 3.05) is 13.1 Å². The van der Waals surface area contributed by atoms with E-state index in [1.807, 2.05) is 18.7 Å². The van der Waals surface area contributed by atoms with Crippen LogP contribution in [0, 0.1) is 6.92 Å². The van der Waals surface area contributed by atoms with Gasteiger partial charge in [-0.3, -0.25) is 14.2 Å². The predicted octanol–water partition coefficient (Wildman–Crippen LogP) is 3.83. The molecule has 24 heavy (non-hydrogen) atoms. The van der Waals surface area contributed by atoms with Gasteiger partial charge in [0.15, 0.2) is 0 Å². The molecule has 5 nitrogen and oxygen atoms in total. The van der Waals surface area contributed by atoms with E-state index in [0.29, 0.717) is 28.2 Å². The standard InChI is InChI=1S/C18H27N3O2S/c1-5-8-10-20(7-3)18(23)15-13(4)14-16(24-15)19-12-21(17(14)22)11-9-6-2/h12H,5-11H2,1-4H3. The number of thiophene rings is 1. The summed E-state index contributed by atoms with van der Waals surface area (Å²) in [4.78, 5) is 33.1. The van der Waals surface area contributed by atoms with Crippen molar-refractivity contribution < 1.29 is 4.79 Å². The third kappa shape index (κ3) is 3.69. The second-order valence-corrected chi connectivity index (χ2v) is 7.07. The van der Waals surface area contributed by atoms with E-state index in [0.717, 1.165) is 37.8 Å². The molecule has 2 aromatic heterocycles. The van der Waals surface area contributed by atoms with E-state index in [4.69, 9.17) is 0 Å². The first kappa shape index (κ1) is 18.6. The van der Waals surface area contributed by atoms with E-state index >= 15 is 0 Å². The van der Waals surface area contributed by atoms with Crippen molar-refractivity contribution in [1.82, 2.24) is 14.5 Å². The van der Waals surface area contributed by atoms with E-state index in [-0.39, 0.29) is 11.5 Å². The molecule has 1 amide bonds. The van der Waals surface area contributed by atoms with Crippen LogP contribution in [0.5, 0.6) is 0 Å². The molecule has 2 rings (SSSR count). The van der Waals surface area contributed by atoms with Crippen LogP contribution in [0.3, 0.4) is 0 Å². The normalized spacial score (nSPS) is 11.2. The van der Waals surface area contributed by atoms with Crippen molar-refractivity contribution in [1.29, 1.82) is 0 Å². The molecule has 2 heterocycles. The molecule has 6 heteroatoms. The smallest absolute Gasteiger partial charge is 0.264 e. The van der Waals surface area contributed by atoms with E-state index in [1.54, 1.807) is 10.9 Å². The molecule has 0 bridgehead atoms. The first-order valence-electron chi connectivity index (χ1n) is 8.82. The SMILES string of the molecule is CCCCN(CC)C(=O)c1sc2ncn(CCCC)c(=O)c2c1C. The van der Waals surface area contributed by atoms with Crippen molar-refractivity contribution in [2.45, 2.75) is 59.9 Å². The summed E-state index contributed by atoms with van der Waals surface area (Å²) in [6.07, 6.45) is 5.63. The van der Waals surface area contributed by atoms with Gasteiger partial charge in [0, 0.05) is 19.6 Å². The average molecular weight is 350 g/mol. The molecule has 0 unspecified atom stereocenters. The highest BCUT2D eigenvalue weighted by molar-refractivity contribution is 7.20. The van der Waals surface area contributed by atoms with Crippen LogP contribution in [0.15, 0.2) is 11.1 Å². The molecule has 0 fully saturated rings. The number of aromatic nitrogens is 2. The molecule has 0 N–H and O–H groups in total. The lowest BCUT2D eigenvalue weighted by Gasteiger charge is -2.20.